The average molecular weight is 312 g/mol. The summed E-state index contributed by atoms with van der Waals surface area (Å²) in [6.07, 6.45) is 13.0. The van der Waals surface area contributed by atoms with Crippen molar-refractivity contribution >= 4 is 11.8 Å². The van der Waals surface area contributed by atoms with E-state index in [0.717, 1.165) is 29.0 Å². The fraction of sp³-hybridized carbons (Fsp3) is 1.00. The second kappa shape index (κ2) is 8.24. The molecule has 2 aliphatic rings. The molecule has 0 aromatic heterocycles. The number of hydrogen-bond donors (Lipinski definition) is 1. The largest absolute Gasteiger partial charge is 0.313 e. The van der Waals surface area contributed by atoms with E-state index in [0.29, 0.717) is 5.41 Å². The molecule has 0 saturated heterocycles. The van der Waals surface area contributed by atoms with Crippen LogP contribution < -0.4 is 5.32 Å². The van der Waals surface area contributed by atoms with E-state index in [2.05, 4.69) is 44.8 Å². The summed E-state index contributed by atoms with van der Waals surface area (Å²) >= 11 is 2.36. The molecule has 3 atom stereocenters. The van der Waals surface area contributed by atoms with Gasteiger partial charge in [-0.25, -0.2) is 0 Å². The normalized spacial score (nSPS) is 32.3. The molecule has 2 heteroatoms. The van der Waals surface area contributed by atoms with Gasteiger partial charge in [0.05, 0.1) is 0 Å². The van der Waals surface area contributed by atoms with E-state index in [4.69, 9.17) is 0 Å². The predicted molar refractivity (Wildman–Crippen MR) is 97.1 cm³/mol. The van der Waals surface area contributed by atoms with E-state index >= 15 is 0 Å². The average Bonchev–Trinajstić information content (AvgIpc) is 2.50. The summed E-state index contributed by atoms with van der Waals surface area (Å²) in [6.45, 7) is 10.8. The van der Waals surface area contributed by atoms with Gasteiger partial charge in [-0.15, -0.1) is 0 Å². The summed E-state index contributed by atoms with van der Waals surface area (Å²) in [5.41, 5.74) is 0.530. The predicted octanol–water partition coefficient (Wildman–Crippen LogP) is 5.64. The summed E-state index contributed by atoms with van der Waals surface area (Å²) in [4.78, 5) is 0. The number of hydrogen-bond acceptors (Lipinski definition) is 2. The highest BCUT2D eigenvalue weighted by Crippen LogP contribution is 2.45. The SMILES string of the molecule is CCNC1CCC(C(C)(C)CC)CC1SC1CCCCC1. The maximum atomic E-state index is 3.79. The molecule has 0 aliphatic heterocycles. The van der Waals surface area contributed by atoms with Crippen molar-refractivity contribution in [3.8, 4) is 0 Å². The van der Waals surface area contributed by atoms with Crippen molar-refractivity contribution in [1.29, 1.82) is 0 Å². The standard InChI is InChI=1S/C19H37NS/c1-5-19(3,4)15-12-13-17(20-6-2)18(14-15)21-16-10-8-7-9-11-16/h15-18,20H,5-14H2,1-4H3. The third-order valence-electron chi connectivity index (χ3n) is 6.19. The Bertz CT molecular complexity index is 296. The summed E-state index contributed by atoms with van der Waals surface area (Å²) in [5, 5.41) is 5.60. The molecule has 0 spiro atoms. The van der Waals surface area contributed by atoms with Crippen molar-refractivity contribution in [3.05, 3.63) is 0 Å². The highest BCUT2D eigenvalue weighted by molar-refractivity contribution is 8.00. The van der Waals surface area contributed by atoms with Gasteiger partial charge in [0.15, 0.2) is 0 Å². The van der Waals surface area contributed by atoms with E-state index in [-0.39, 0.29) is 0 Å². The first-order chi connectivity index (χ1) is 10.1. The van der Waals surface area contributed by atoms with Gasteiger partial charge < -0.3 is 5.32 Å². The number of thioether (sulfide) groups is 1. The molecule has 0 radical (unpaired) electrons. The van der Waals surface area contributed by atoms with Crippen molar-refractivity contribution < 1.29 is 0 Å². The van der Waals surface area contributed by atoms with Crippen LogP contribution in [0.5, 0.6) is 0 Å². The second-order valence-electron chi connectivity index (χ2n) is 7.95. The van der Waals surface area contributed by atoms with Gasteiger partial charge in [0.2, 0.25) is 0 Å². The molecule has 0 aromatic rings. The zero-order valence-electron chi connectivity index (χ0n) is 14.8. The fourth-order valence-electron chi connectivity index (χ4n) is 4.22. The monoisotopic (exact) mass is 311 g/mol. The smallest absolute Gasteiger partial charge is 0.0206 e. The lowest BCUT2D eigenvalue weighted by Gasteiger charge is -2.44. The Morgan fingerprint density at radius 2 is 1.71 bits per heavy atom. The van der Waals surface area contributed by atoms with E-state index < -0.39 is 0 Å². The minimum atomic E-state index is 0.530. The van der Waals surface area contributed by atoms with Crippen LogP contribution in [0.25, 0.3) is 0 Å². The lowest BCUT2D eigenvalue weighted by Crippen LogP contribution is -2.45. The van der Waals surface area contributed by atoms with Crippen molar-refractivity contribution in [2.75, 3.05) is 6.54 Å². The summed E-state index contributed by atoms with van der Waals surface area (Å²) in [7, 11) is 0. The van der Waals surface area contributed by atoms with Crippen LogP contribution in [-0.2, 0) is 0 Å². The molecular formula is C19H37NS. The van der Waals surface area contributed by atoms with Crippen LogP contribution >= 0.6 is 11.8 Å². The van der Waals surface area contributed by atoms with Gasteiger partial charge in [0, 0.05) is 16.5 Å². The summed E-state index contributed by atoms with van der Waals surface area (Å²) in [6, 6.07) is 0.769. The third kappa shape index (κ3) is 4.89. The Hall–Kier alpha value is 0.310. The zero-order chi connectivity index (χ0) is 15.3. The Morgan fingerprint density at radius 3 is 2.33 bits per heavy atom. The molecular weight excluding hydrogens is 274 g/mol. The van der Waals surface area contributed by atoms with Crippen LogP contribution in [0, 0.1) is 11.3 Å². The topological polar surface area (TPSA) is 12.0 Å². The molecule has 2 fully saturated rings. The first-order valence-corrected chi connectivity index (χ1v) is 10.4. The van der Waals surface area contributed by atoms with E-state index in [1.54, 1.807) is 0 Å². The fourth-order valence-corrected chi connectivity index (χ4v) is 6.09. The lowest BCUT2D eigenvalue weighted by molar-refractivity contribution is 0.141. The van der Waals surface area contributed by atoms with Gasteiger partial charge in [-0.1, -0.05) is 53.4 Å². The molecule has 0 bridgehead atoms. The highest BCUT2D eigenvalue weighted by atomic mass is 32.2. The van der Waals surface area contributed by atoms with Crippen molar-refractivity contribution in [3.63, 3.8) is 0 Å². The van der Waals surface area contributed by atoms with Gasteiger partial charge in [0.25, 0.3) is 0 Å². The summed E-state index contributed by atoms with van der Waals surface area (Å²) in [5.74, 6) is 0.929. The van der Waals surface area contributed by atoms with E-state index in [1.807, 2.05) is 0 Å². The molecule has 2 saturated carbocycles. The first-order valence-electron chi connectivity index (χ1n) is 9.45. The molecule has 0 amide bonds. The molecule has 0 heterocycles. The minimum Gasteiger partial charge on any atom is -0.313 e. The van der Waals surface area contributed by atoms with Crippen LogP contribution in [0.2, 0.25) is 0 Å². The van der Waals surface area contributed by atoms with Crippen LogP contribution in [0.3, 0.4) is 0 Å². The van der Waals surface area contributed by atoms with Crippen LogP contribution in [0.15, 0.2) is 0 Å². The zero-order valence-corrected chi connectivity index (χ0v) is 15.6. The van der Waals surface area contributed by atoms with Gasteiger partial charge in [-0.05, 0) is 50.0 Å². The lowest BCUT2D eigenvalue weighted by atomic mass is 9.68. The Morgan fingerprint density at radius 1 is 1.00 bits per heavy atom. The van der Waals surface area contributed by atoms with Gasteiger partial charge >= 0.3 is 0 Å². The van der Waals surface area contributed by atoms with Crippen LogP contribution in [0.1, 0.15) is 85.5 Å². The highest BCUT2D eigenvalue weighted by Gasteiger charge is 2.38. The Labute approximate surface area is 137 Å². The van der Waals surface area contributed by atoms with Crippen molar-refractivity contribution in [2.45, 2.75) is 102 Å². The molecule has 1 N–H and O–H groups in total. The third-order valence-corrected chi connectivity index (χ3v) is 7.92. The molecule has 21 heavy (non-hydrogen) atoms. The Balaban J connectivity index is 1.96. The molecule has 3 unspecified atom stereocenters. The van der Waals surface area contributed by atoms with Crippen molar-refractivity contribution in [2.24, 2.45) is 11.3 Å². The van der Waals surface area contributed by atoms with Crippen LogP contribution in [-0.4, -0.2) is 23.1 Å². The number of rotatable bonds is 6. The Kier molecular flexibility index (Phi) is 6.93. The van der Waals surface area contributed by atoms with Crippen molar-refractivity contribution in [1.82, 2.24) is 5.32 Å². The first kappa shape index (κ1) is 17.7. The maximum Gasteiger partial charge on any atom is 0.0206 e. The van der Waals surface area contributed by atoms with Gasteiger partial charge in [-0.2, -0.15) is 11.8 Å². The van der Waals surface area contributed by atoms with Crippen LogP contribution in [0.4, 0.5) is 0 Å². The molecule has 2 rings (SSSR count). The van der Waals surface area contributed by atoms with Gasteiger partial charge in [-0.3, -0.25) is 0 Å². The van der Waals surface area contributed by atoms with Gasteiger partial charge in [0.1, 0.15) is 0 Å². The molecule has 2 aliphatic carbocycles. The quantitative estimate of drug-likeness (QED) is 0.681. The van der Waals surface area contributed by atoms with E-state index in [9.17, 15) is 0 Å². The maximum absolute atomic E-state index is 3.79. The number of nitrogens with one attached hydrogen (secondary N) is 1. The molecule has 0 aromatic carbocycles. The van der Waals surface area contributed by atoms with E-state index in [1.165, 1.54) is 57.8 Å². The second-order valence-corrected chi connectivity index (χ2v) is 9.50. The molecule has 124 valence electrons. The molecule has 1 nitrogen and oxygen atoms in total. The summed E-state index contributed by atoms with van der Waals surface area (Å²) < 4.78 is 0. The minimum absolute atomic E-state index is 0.530.